The van der Waals surface area contributed by atoms with Crippen molar-refractivity contribution in [3.63, 3.8) is 0 Å². The van der Waals surface area contributed by atoms with Crippen LogP contribution in [0.2, 0.25) is 0 Å². The van der Waals surface area contributed by atoms with Gasteiger partial charge in [-0.05, 0) is 18.6 Å². The number of terminal acetylenes is 1. The summed E-state index contributed by atoms with van der Waals surface area (Å²) in [5.74, 6) is 2.17. The quantitative estimate of drug-likeness (QED) is 0.818. The number of para-hydroxylation sites is 1. The first kappa shape index (κ1) is 13.9. The average Bonchev–Trinajstić information content (AvgIpc) is 2.45. The number of nitrogens with zero attached hydrogens (tertiary/aromatic N) is 1. The Balaban J connectivity index is 2.45. The van der Waals surface area contributed by atoms with Crippen LogP contribution in [0.1, 0.15) is 30.1 Å². The zero-order valence-corrected chi connectivity index (χ0v) is 11.3. The number of aromatic carboxylic acids is 1. The summed E-state index contributed by atoms with van der Waals surface area (Å²) in [5.41, 5.74) is 0.868. The highest BCUT2D eigenvalue weighted by molar-refractivity contribution is 6.03. The van der Waals surface area contributed by atoms with Gasteiger partial charge in [-0.15, -0.1) is 6.42 Å². The SMILES string of the molecule is C#CC(CCC)Nc1cc(C(=O)O)c2ccccc2n1. The van der Waals surface area contributed by atoms with E-state index in [9.17, 15) is 9.90 Å². The molecule has 2 rings (SSSR count). The van der Waals surface area contributed by atoms with Crippen molar-refractivity contribution in [2.24, 2.45) is 0 Å². The summed E-state index contributed by atoms with van der Waals surface area (Å²) in [6.07, 6.45) is 7.22. The molecule has 1 heterocycles. The molecule has 0 aliphatic heterocycles. The third-order valence-corrected chi connectivity index (χ3v) is 3.05. The lowest BCUT2D eigenvalue weighted by atomic mass is 10.1. The van der Waals surface area contributed by atoms with Gasteiger partial charge in [0, 0.05) is 5.39 Å². The normalized spacial score (nSPS) is 11.8. The fraction of sp³-hybridized carbons (Fsp3) is 0.250. The van der Waals surface area contributed by atoms with Crippen LogP contribution in [-0.4, -0.2) is 22.1 Å². The zero-order chi connectivity index (χ0) is 14.5. The molecule has 1 atom stereocenters. The van der Waals surface area contributed by atoms with Crippen LogP contribution in [0, 0.1) is 12.3 Å². The van der Waals surface area contributed by atoms with Crippen molar-refractivity contribution in [3.05, 3.63) is 35.9 Å². The first-order valence-corrected chi connectivity index (χ1v) is 6.51. The van der Waals surface area contributed by atoms with Crippen molar-refractivity contribution in [1.82, 2.24) is 4.98 Å². The summed E-state index contributed by atoms with van der Waals surface area (Å²) >= 11 is 0. The maximum atomic E-state index is 11.4. The number of pyridine rings is 1. The highest BCUT2D eigenvalue weighted by Crippen LogP contribution is 2.21. The zero-order valence-electron chi connectivity index (χ0n) is 11.3. The van der Waals surface area contributed by atoms with E-state index in [0.717, 1.165) is 12.8 Å². The van der Waals surface area contributed by atoms with Gasteiger partial charge in [0.25, 0.3) is 0 Å². The van der Waals surface area contributed by atoms with E-state index in [1.165, 1.54) is 6.07 Å². The van der Waals surface area contributed by atoms with E-state index in [4.69, 9.17) is 6.42 Å². The molecule has 102 valence electrons. The van der Waals surface area contributed by atoms with E-state index >= 15 is 0 Å². The van der Waals surface area contributed by atoms with Gasteiger partial charge in [0.05, 0.1) is 17.1 Å². The van der Waals surface area contributed by atoms with Gasteiger partial charge in [-0.3, -0.25) is 0 Å². The maximum absolute atomic E-state index is 11.4. The van der Waals surface area contributed by atoms with Gasteiger partial charge >= 0.3 is 5.97 Å². The molecule has 0 aliphatic rings. The highest BCUT2D eigenvalue weighted by atomic mass is 16.4. The molecule has 0 saturated heterocycles. The topological polar surface area (TPSA) is 62.2 Å². The second-order valence-corrected chi connectivity index (χ2v) is 4.53. The molecule has 0 amide bonds. The van der Waals surface area contributed by atoms with Crippen molar-refractivity contribution >= 4 is 22.7 Å². The lowest BCUT2D eigenvalue weighted by Crippen LogP contribution is -2.18. The Bertz CT molecular complexity index is 674. The van der Waals surface area contributed by atoms with E-state index in [2.05, 4.69) is 16.2 Å². The van der Waals surface area contributed by atoms with Crippen LogP contribution >= 0.6 is 0 Å². The van der Waals surface area contributed by atoms with Crippen LogP contribution in [0.4, 0.5) is 5.82 Å². The van der Waals surface area contributed by atoms with Gasteiger partial charge in [-0.2, -0.15) is 0 Å². The van der Waals surface area contributed by atoms with Crippen molar-refractivity contribution < 1.29 is 9.90 Å². The van der Waals surface area contributed by atoms with E-state index in [1.54, 1.807) is 18.2 Å². The first-order valence-electron chi connectivity index (χ1n) is 6.51. The molecule has 1 aromatic carbocycles. The van der Waals surface area contributed by atoms with Crippen molar-refractivity contribution in [1.29, 1.82) is 0 Å². The van der Waals surface area contributed by atoms with E-state index in [-0.39, 0.29) is 11.6 Å². The van der Waals surface area contributed by atoms with Crippen LogP contribution in [0.25, 0.3) is 10.9 Å². The molecular weight excluding hydrogens is 252 g/mol. The van der Waals surface area contributed by atoms with Gasteiger partial charge in [0.15, 0.2) is 0 Å². The van der Waals surface area contributed by atoms with Gasteiger partial charge in [0.2, 0.25) is 0 Å². The fourth-order valence-corrected chi connectivity index (χ4v) is 2.09. The van der Waals surface area contributed by atoms with Crippen LogP contribution in [0.5, 0.6) is 0 Å². The van der Waals surface area contributed by atoms with Gasteiger partial charge < -0.3 is 10.4 Å². The number of carboxylic acids is 1. The third-order valence-electron chi connectivity index (χ3n) is 3.05. The number of rotatable bonds is 5. The Morgan fingerprint density at radius 3 is 2.90 bits per heavy atom. The summed E-state index contributed by atoms with van der Waals surface area (Å²) in [4.78, 5) is 15.8. The third kappa shape index (κ3) is 2.89. The summed E-state index contributed by atoms with van der Waals surface area (Å²) in [7, 11) is 0. The summed E-state index contributed by atoms with van der Waals surface area (Å²) in [6.45, 7) is 2.04. The molecule has 2 aromatic rings. The molecule has 4 nitrogen and oxygen atoms in total. The predicted molar refractivity (Wildman–Crippen MR) is 79.9 cm³/mol. The number of anilines is 1. The standard InChI is InChI=1S/C16H16N2O2/c1-3-7-11(4-2)17-15-10-13(16(19)20)12-8-5-6-9-14(12)18-15/h2,5-6,8-11H,3,7H2,1H3,(H,17,18)(H,19,20). The molecule has 0 fully saturated rings. The number of carbonyl (C=O) groups is 1. The van der Waals surface area contributed by atoms with Crippen molar-refractivity contribution in [2.45, 2.75) is 25.8 Å². The number of nitrogens with one attached hydrogen (secondary N) is 1. The molecule has 2 N–H and O–H groups in total. The van der Waals surface area contributed by atoms with Crippen LogP contribution in [0.3, 0.4) is 0 Å². The number of carboxylic acid groups (broad SMARTS) is 1. The molecule has 1 unspecified atom stereocenters. The summed E-state index contributed by atoms with van der Waals surface area (Å²) < 4.78 is 0. The average molecular weight is 268 g/mol. The Morgan fingerprint density at radius 1 is 1.50 bits per heavy atom. The minimum Gasteiger partial charge on any atom is -0.478 e. The molecule has 0 spiro atoms. The Morgan fingerprint density at radius 2 is 2.25 bits per heavy atom. The molecule has 4 heteroatoms. The monoisotopic (exact) mass is 268 g/mol. The van der Waals surface area contributed by atoms with E-state index in [1.807, 2.05) is 13.0 Å². The maximum Gasteiger partial charge on any atom is 0.336 e. The van der Waals surface area contributed by atoms with Gasteiger partial charge in [-0.1, -0.05) is 37.5 Å². The first-order chi connectivity index (χ1) is 9.65. The molecule has 20 heavy (non-hydrogen) atoms. The van der Waals surface area contributed by atoms with Crippen molar-refractivity contribution in [3.8, 4) is 12.3 Å². The molecular formula is C16H16N2O2. The van der Waals surface area contributed by atoms with E-state index in [0.29, 0.717) is 16.7 Å². The Hall–Kier alpha value is -2.54. The minimum absolute atomic E-state index is 0.143. The highest BCUT2D eigenvalue weighted by Gasteiger charge is 2.13. The predicted octanol–water partition coefficient (Wildman–Crippen LogP) is 3.15. The molecule has 1 aromatic heterocycles. The number of hydrogen-bond acceptors (Lipinski definition) is 3. The molecule has 0 saturated carbocycles. The number of fused-ring (bicyclic) bond motifs is 1. The lowest BCUT2D eigenvalue weighted by Gasteiger charge is -2.14. The Kier molecular flexibility index (Phi) is 4.21. The van der Waals surface area contributed by atoms with Crippen molar-refractivity contribution in [2.75, 3.05) is 5.32 Å². The second-order valence-electron chi connectivity index (χ2n) is 4.53. The Labute approximate surface area is 117 Å². The number of hydrogen-bond donors (Lipinski definition) is 2. The molecule has 0 aliphatic carbocycles. The van der Waals surface area contributed by atoms with Crippen LogP contribution in [0.15, 0.2) is 30.3 Å². The lowest BCUT2D eigenvalue weighted by molar-refractivity contribution is 0.0699. The largest absolute Gasteiger partial charge is 0.478 e. The summed E-state index contributed by atoms with van der Waals surface area (Å²) in [5, 5.41) is 13.0. The van der Waals surface area contributed by atoms with Crippen LogP contribution < -0.4 is 5.32 Å². The number of aromatic nitrogens is 1. The second kappa shape index (κ2) is 6.07. The van der Waals surface area contributed by atoms with Gasteiger partial charge in [-0.25, -0.2) is 9.78 Å². The van der Waals surface area contributed by atoms with Crippen LogP contribution in [-0.2, 0) is 0 Å². The minimum atomic E-state index is -0.973. The molecule has 0 bridgehead atoms. The van der Waals surface area contributed by atoms with E-state index < -0.39 is 5.97 Å². The smallest absolute Gasteiger partial charge is 0.336 e. The summed E-state index contributed by atoms with van der Waals surface area (Å²) in [6, 6.07) is 8.55. The molecule has 0 radical (unpaired) electrons. The van der Waals surface area contributed by atoms with Gasteiger partial charge in [0.1, 0.15) is 5.82 Å². The number of benzene rings is 1. The fourth-order valence-electron chi connectivity index (χ4n) is 2.09.